The Kier molecular flexibility index (Phi) is 8.54. The number of hydrogen-bond donors (Lipinski definition) is 2. The first-order valence-electron chi connectivity index (χ1n) is 9.20. The van der Waals surface area contributed by atoms with Crippen LogP contribution in [0.15, 0.2) is 54.6 Å². The lowest BCUT2D eigenvalue weighted by atomic mass is 9.99. The van der Waals surface area contributed by atoms with Crippen molar-refractivity contribution in [3.05, 3.63) is 75.8 Å². The fraction of sp³-hybridized carbons (Fsp3) is 0.286. The van der Waals surface area contributed by atoms with E-state index in [1.165, 1.54) is 31.2 Å². The Bertz CT molecular complexity index is 901. The molecule has 2 rings (SSSR count). The molecule has 0 aromatic heterocycles. The molecule has 0 aliphatic heterocycles. The largest absolute Gasteiger partial charge is 0.480 e. The topological polar surface area (TPSA) is 127 Å². The number of benzene rings is 2. The summed E-state index contributed by atoms with van der Waals surface area (Å²) in [5, 5.41) is 22.7. The van der Waals surface area contributed by atoms with Crippen molar-refractivity contribution in [3.63, 3.8) is 0 Å². The van der Waals surface area contributed by atoms with Gasteiger partial charge in [-0.3, -0.25) is 19.7 Å². The number of nitro benzene ring substituents is 1. The Hall–Kier alpha value is -3.20. The van der Waals surface area contributed by atoms with Crippen LogP contribution in [-0.4, -0.2) is 38.8 Å². The van der Waals surface area contributed by atoms with E-state index in [9.17, 15) is 29.6 Å². The average Bonchev–Trinajstić information content (AvgIpc) is 2.71. The number of nitrogens with zero attached hydrogens (tertiary/aromatic N) is 1. The maximum absolute atomic E-state index is 12.8. The van der Waals surface area contributed by atoms with Crippen LogP contribution < -0.4 is 5.32 Å². The number of rotatable bonds is 10. The van der Waals surface area contributed by atoms with Gasteiger partial charge in [0.25, 0.3) is 5.69 Å². The molecule has 2 atom stereocenters. The molecule has 0 aliphatic rings. The van der Waals surface area contributed by atoms with E-state index < -0.39 is 28.8 Å². The second-order valence-electron chi connectivity index (χ2n) is 6.72. The summed E-state index contributed by atoms with van der Waals surface area (Å²) < 4.78 is 0. The molecule has 0 aliphatic carbocycles. The highest BCUT2D eigenvalue weighted by molar-refractivity contribution is 8.13. The standard InChI is InChI=1S/C21H22N2O6S/c1-14(24)30-13-17(11-15-5-3-2-4-6-15)20(25)22-19(21(26)27)12-16-7-9-18(10-8-16)23(28)29/h2-10,17,19H,11-13H2,1H3,(H,22,25)(H,26,27)/t17-,19+/m1/s1. The van der Waals surface area contributed by atoms with Crippen LogP contribution in [0.4, 0.5) is 5.69 Å². The monoisotopic (exact) mass is 430 g/mol. The van der Waals surface area contributed by atoms with Crippen LogP contribution in [0.2, 0.25) is 0 Å². The fourth-order valence-electron chi connectivity index (χ4n) is 2.82. The maximum Gasteiger partial charge on any atom is 0.326 e. The van der Waals surface area contributed by atoms with Gasteiger partial charge in [0.05, 0.1) is 10.8 Å². The third-order valence-corrected chi connectivity index (χ3v) is 5.36. The van der Waals surface area contributed by atoms with Gasteiger partial charge < -0.3 is 10.4 Å². The quantitative estimate of drug-likeness (QED) is 0.438. The number of nitro groups is 1. The van der Waals surface area contributed by atoms with Crippen LogP contribution in [0.3, 0.4) is 0 Å². The number of carboxylic acid groups (broad SMARTS) is 1. The van der Waals surface area contributed by atoms with E-state index in [0.29, 0.717) is 12.0 Å². The third kappa shape index (κ3) is 7.32. The zero-order chi connectivity index (χ0) is 22.1. The zero-order valence-corrected chi connectivity index (χ0v) is 17.1. The Morgan fingerprint density at radius 2 is 1.63 bits per heavy atom. The first kappa shape index (κ1) is 23.1. The highest BCUT2D eigenvalue weighted by Crippen LogP contribution is 2.17. The number of hydrogen-bond acceptors (Lipinski definition) is 6. The van der Waals surface area contributed by atoms with Gasteiger partial charge in [-0.25, -0.2) is 4.79 Å². The smallest absolute Gasteiger partial charge is 0.326 e. The van der Waals surface area contributed by atoms with Gasteiger partial charge in [-0.15, -0.1) is 0 Å². The third-order valence-electron chi connectivity index (χ3n) is 4.39. The number of aliphatic carboxylic acids is 1. The van der Waals surface area contributed by atoms with E-state index in [0.717, 1.165) is 17.3 Å². The van der Waals surface area contributed by atoms with Crippen molar-refractivity contribution in [2.75, 3.05) is 5.75 Å². The fourth-order valence-corrected chi connectivity index (χ4v) is 3.53. The normalized spacial score (nSPS) is 12.6. The molecule has 2 aromatic rings. The van der Waals surface area contributed by atoms with Crippen molar-refractivity contribution in [2.45, 2.75) is 25.8 Å². The molecule has 0 heterocycles. The highest BCUT2D eigenvalue weighted by atomic mass is 32.2. The second kappa shape index (κ2) is 11.1. The molecule has 30 heavy (non-hydrogen) atoms. The summed E-state index contributed by atoms with van der Waals surface area (Å²) in [7, 11) is 0. The van der Waals surface area contributed by atoms with E-state index in [1.54, 1.807) is 0 Å². The van der Waals surface area contributed by atoms with Gasteiger partial charge >= 0.3 is 5.97 Å². The van der Waals surface area contributed by atoms with Crippen LogP contribution in [0, 0.1) is 16.0 Å². The van der Waals surface area contributed by atoms with Crippen molar-refractivity contribution < 1.29 is 24.4 Å². The second-order valence-corrected chi connectivity index (χ2v) is 7.91. The maximum atomic E-state index is 12.8. The number of thioether (sulfide) groups is 1. The van der Waals surface area contributed by atoms with E-state index in [2.05, 4.69) is 5.32 Å². The molecule has 0 saturated carbocycles. The predicted octanol–water partition coefficient (Wildman–Crippen LogP) is 2.85. The van der Waals surface area contributed by atoms with Gasteiger partial charge in [-0.2, -0.15) is 0 Å². The summed E-state index contributed by atoms with van der Waals surface area (Å²) in [5.74, 6) is -2.01. The minimum absolute atomic E-state index is 0.0169. The van der Waals surface area contributed by atoms with Gasteiger partial charge in [0.2, 0.25) is 5.91 Å². The summed E-state index contributed by atoms with van der Waals surface area (Å²) in [6.45, 7) is 1.41. The van der Waals surface area contributed by atoms with E-state index in [1.807, 2.05) is 30.3 Å². The molecule has 9 heteroatoms. The first-order valence-corrected chi connectivity index (χ1v) is 10.2. The minimum atomic E-state index is -1.21. The summed E-state index contributed by atoms with van der Waals surface area (Å²) in [4.78, 5) is 46.1. The van der Waals surface area contributed by atoms with Crippen LogP contribution in [0.25, 0.3) is 0 Å². The minimum Gasteiger partial charge on any atom is -0.480 e. The molecule has 0 radical (unpaired) electrons. The molecule has 0 spiro atoms. The number of carbonyl (C=O) groups is 3. The molecule has 0 unspecified atom stereocenters. The zero-order valence-electron chi connectivity index (χ0n) is 16.3. The van der Waals surface area contributed by atoms with Crippen LogP contribution in [0.5, 0.6) is 0 Å². The van der Waals surface area contributed by atoms with Crippen molar-refractivity contribution in [3.8, 4) is 0 Å². The number of nitrogens with one attached hydrogen (secondary N) is 1. The Labute approximate surface area is 177 Å². The molecular weight excluding hydrogens is 408 g/mol. The van der Waals surface area contributed by atoms with Gasteiger partial charge in [0, 0.05) is 31.2 Å². The van der Waals surface area contributed by atoms with E-state index in [4.69, 9.17) is 0 Å². The highest BCUT2D eigenvalue weighted by Gasteiger charge is 2.26. The van der Waals surface area contributed by atoms with E-state index in [-0.39, 0.29) is 23.0 Å². The molecular formula is C21H22N2O6S. The van der Waals surface area contributed by atoms with Crippen molar-refractivity contribution in [1.29, 1.82) is 0 Å². The predicted molar refractivity (Wildman–Crippen MR) is 113 cm³/mol. The summed E-state index contributed by atoms with van der Waals surface area (Å²) in [5.41, 5.74) is 1.36. The van der Waals surface area contributed by atoms with E-state index >= 15 is 0 Å². The number of carbonyl (C=O) groups excluding carboxylic acids is 2. The van der Waals surface area contributed by atoms with Crippen LogP contribution in [0.1, 0.15) is 18.1 Å². The molecule has 0 saturated heterocycles. The van der Waals surface area contributed by atoms with Crippen molar-refractivity contribution in [1.82, 2.24) is 5.32 Å². The van der Waals surface area contributed by atoms with Crippen molar-refractivity contribution >= 4 is 34.4 Å². The summed E-state index contributed by atoms with van der Waals surface area (Å²) in [6, 6.07) is 13.6. The van der Waals surface area contributed by atoms with Gasteiger partial charge in [-0.05, 0) is 17.5 Å². The molecule has 0 bridgehead atoms. The molecule has 2 aromatic carbocycles. The van der Waals surface area contributed by atoms with Gasteiger partial charge in [0.1, 0.15) is 6.04 Å². The Morgan fingerprint density at radius 1 is 1.03 bits per heavy atom. The summed E-state index contributed by atoms with van der Waals surface area (Å²) >= 11 is 1.02. The average molecular weight is 430 g/mol. The van der Waals surface area contributed by atoms with Crippen LogP contribution in [-0.2, 0) is 27.2 Å². The molecule has 158 valence electrons. The Balaban J connectivity index is 2.10. The Morgan fingerprint density at radius 3 is 2.17 bits per heavy atom. The number of non-ortho nitro benzene ring substituents is 1. The van der Waals surface area contributed by atoms with Gasteiger partial charge in [0.15, 0.2) is 5.12 Å². The van der Waals surface area contributed by atoms with Crippen LogP contribution >= 0.6 is 11.8 Å². The van der Waals surface area contributed by atoms with Crippen molar-refractivity contribution in [2.24, 2.45) is 5.92 Å². The SMILES string of the molecule is CC(=O)SC[C@@H](Cc1ccccc1)C(=O)N[C@@H](Cc1ccc([N+](=O)[O-])cc1)C(=O)O. The van der Waals surface area contributed by atoms with Gasteiger partial charge in [-0.1, -0.05) is 54.2 Å². The molecule has 0 fully saturated rings. The first-order chi connectivity index (χ1) is 14.3. The molecule has 1 amide bonds. The lowest BCUT2D eigenvalue weighted by Gasteiger charge is -2.20. The number of carboxylic acids is 1. The number of amides is 1. The molecule has 2 N–H and O–H groups in total. The lowest BCUT2D eigenvalue weighted by molar-refractivity contribution is -0.384. The lowest BCUT2D eigenvalue weighted by Crippen LogP contribution is -2.46. The molecule has 8 nitrogen and oxygen atoms in total. The summed E-state index contributed by atoms with van der Waals surface area (Å²) in [6.07, 6.45) is 0.355.